The fourth-order valence-corrected chi connectivity index (χ4v) is 2.72. The molecule has 4 heteroatoms. The standard InChI is InChI=1S/C15H18N2O2/c1-10-17-13-7-6-11(8-14(13)19-10)9-16-15(18)12-4-2-3-5-12/h6-8,12H,2-5,9H2,1H3,(H,16,18). The third-order valence-electron chi connectivity index (χ3n) is 3.75. The van der Waals surface area contributed by atoms with Crippen LogP contribution in [0.1, 0.15) is 37.1 Å². The summed E-state index contributed by atoms with van der Waals surface area (Å²) in [5, 5.41) is 3.01. The number of oxazole rings is 1. The van der Waals surface area contributed by atoms with Crippen molar-refractivity contribution in [3.8, 4) is 0 Å². The molecule has 0 atom stereocenters. The molecule has 1 amide bonds. The Morgan fingerprint density at radius 2 is 2.21 bits per heavy atom. The molecule has 1 saturated carbocycles. The summed E-state index contributed by atoms with van der Waals surface area (Å²) in [5.41, 5.74) is 2.70. The average Bonchev–Trinajstić information content (AvgIpc) is 3.03. The van der Waals surface area contributed by atoms with Crippen LogP contribution in [0.2, 0.25) is 0 Å². The van der Waals surface area contributed by atoms with Gasteiger partial charge in [-0.2, -0.15) is 0 Å². The highest BCUT2D eigenvalue weighted by atomic mass is 16.3. The third kappa shape index (κ3) is 2.62. The molecule has 0 spiro atoms. The Balaban J connectivity index is 1.65. The number of amides is 1. The van der Waals surface area contributed by atoms with Crippen LogP contribution in [-0.4, -0.2) is 10.9 Å². The van der Waals surface area contributed by atoms with Gasteiger partial charge in [0.25, 0.3) is 0 Å². The maximum Gasteiger partial charge on any atom is 0.223 e. The topological polar surface area (TPSA) is 55.1 Å². The minimum atomic E-state index is 0.186. The first-order valence-corrected chi connectivity index (χ1v) is 6.86. The molecule has 0 bridgehead atoms. The number of rotatable bonds is 3. The van der Waals surface area contributed by atoms with Crippen LogP contribution in [0.5, 0.6) is 0 Å². The number of aryl methyl sites for hydroxylation is 1. The Morgan fingerprint density at radius 1 is 1.42 bits per heavy atom. The molecule has 0 radical (unpaired) electrons. The van der Waals surface area contributed by atoms with E-state index in [0.29, 0.717) is 12.4 Å². The van der Waals surface area contributed by atoms with Crippen molar-refractivity contribution in [3.63, 3.8) is 0 Å². The molecule has 4 nitrogen and oxygen atoms in total. The van der Waals surface area contributed by atoms with Crippen LogP contribution in [-0.2, 0) is 11.3 Å². The molecular weight excluding hydrogens is 240 g/mol. The molecule has 3 rings (SSSR count). The van der Waals surface area contributed by atoms with E-state index in [2.05, 4.69) is 10.3 Å². The number of hydrogen-bond donors (Lipinski definition) is 1. The Morgan fingerprint density at radius 3 is 3.00 bits per heavy atom. The monoisotopic (exact) mass is 258 g/mol. The summed E-state index contributed by atoms with van der Waals surface area (Å²) < 4.78 is 5.49. The van der Waals surface area contributed by atoms with Gasteiger partial charge in [-0.1, -0.05) is 18.9 Å². The van der Waals surface area contributed by atoms with E-state index in [0.717, 1.165) is 29.5 Å². The lowest BCUT2D eigenvalue weighted by Gasteiger charge is -2.10. The number of nitrogens with one attached hydrogen (secondary N) is 1. The number of fused-ring (bicyclic) bond motifs is 1. The third-order valence-corrected chi connectivity index (χ3v) is 3.75. The predicted octanol–water partition coefficient (Wildman–Crippen LogP) is 2.94. The largest absolute Gasteiger partial charge is 0.441 e. The Kier molecular flexibility index (Phi) is 3.23. The van der Waals surface area contributed by atoms with Crippen LogP contribution in [0.4, 0.5) is 0 Å². The Labute approximate surface area is 112 Å². The fourth-order valence-electron chi connectivity index (χ4n) is 2.72. The number of benzene rings is 1. The number of nitrogens with zero attached hydrogens (tertiary/aromatic N) is 1. The summed E-state index contributed by atoms with van der Waals surface area (Å²) in [4.78, 5) is 16.2. The first kappa shape index (κ1) is 12.2. The zero-order chi connectivity index (χ0) is 13.2. The summed E-state index contributed by atoms with van der Waals surface area (Å²) in [6.07, 6.45) is 4.43. The van der Waals surface area contributed by atoms with Crippen LogP contribution in [0.15, 0.2) is 22.6 Å². The van der Waals surface area contributed by atoms with Crippen molar-refractivity contribution in [1.82, 2.24) is 10.3 Å². The molecule has 1 aromatic heterocycles. The van der Waals surface area contributed by atoms with Crippen molar-refractivity contribution in [1.29, 1.82) is 0 Å². The van der Waals surface area contributed by atoms with Crippen LogP contribution < -0.4 is 5.32 Å². The van der Waals surface area contributed by atoms with Crippen molar-refractivity contribution >= 4 is 17.0 Å². The molecule has 19 heavy (non-hydrogen) atoms. The lowest BCUT2D eigenvalue weighted by Crippen LogP contribution is -2.28. The first-order valence-electron chi connectivity index (χ1n) is 6.86. The fraction of sp³-hybridized carbons (Fsp3) is 0.467. The van der Waals surface area contributed by atoms with Crippen molar-refractivity contribution in [2.45, 2.75) is 39.2 Å². The number of aromatic nitrogens is 1. The second-order valence-electron chi connectivity index (χ2n) is 5.23. The SMILES string of the molecule is Cc1nc2ccc(CNC(=O)C3CCCC3)cc2o1. The molecule has 1 aliphatic carbocycles. The van der Waals surface area contributed by atoms with E-state index in [4.69, 9.17) is 4.42 Å². The average molecular weight is 258 g/mol. The molecule has 0 aliphatic heterocycles. The zero-order valence-electron chi connectivity index (χ0n) is 11.1. The van der Waals surface area contributed by atoms with E-state index in [1.54, 1.807) is 0 Å². The van der Waals surface area contributed by atoms with Crippen LogP contribution in [0.3, 0.4) is 0 Å². The molecule has 1 heterocycles. The predicted molar refractivity (Wildman–Crippen MR) is 72.6 cm³/mol. The normalized spacial score (nSPS) is 16.1. The van der Waals surface area contributed by atoms with E-state index in [1.807, 2.05) is 25.1 Å². The molecule has 1 N–H and O–H groups in total. The van der Waals surface area contributed by atoms with Crippen LogP contribution >= 0.6 is 0 Å². The molecule has 1 aliphatic rings. The molecule has 1 aromatic carbocycles. The summed E-state index contributed by atoms with van der Waals surface area (Å²) in [6, 6.07) is 5.87. The first-order chi connectivity index (χ1) is 9.22. The van der Waals surface area contributed by atoms with Gasteiger partial charge in [0.1, 0.15) is 5.52 Å². The van der Waals surface area contributed by atoms with E-state index in [1.165, 1.54) is 12.8 Å². The maximum atomic E-state index is 11.9. The Hall–Kier alpha value is -1.84. The summed E-state index contributed by atoms with van der Waals surface area (Å²) in [5.74, 6) is 1.07. The lowest BCUT2D eigenvalue weighted by molar-refractivity contribution is -0.124. The molecule has 0 unspecified atom stereocenters. The highest BCUT2D eigenvalue weighted by molar-refractivity contribution is 5.79. The van der Waals surface area contributed by atoms with Gasteiger partial charge < -0.3 is 9.73 Å². The van der Waals surface area contributed by atoms with Gasteiger partial charge in [-0.05, 0) is 30.5 Å². The van der Waals surface area contributed by atoms with Gasteiger partial charge in [-0.3, -0.25) is 4.79 Å². The molecule has 0 saturated heterocycles. The van der Waals surface area contributed by atoms with Crippen molar-refractivity contribution in [3.05, 3.63) is 29.7 Å². The molecule has 100 valence electrons. The van der Waals surface area contributed by atoms with Gasteiger partial charge >= 0.3 is 0 Å². The summed E-state index contributed by atoms with van der Waals surface area (Å²) in [7, 11) is 0. The van der Waals surface area contributed by atoms with Gasteiger partial charge in [-0.25, -0.2) is 4.98 Å². The molecule has 1 fully saturated rings. The molecular formula is C15H18N2O2. The van der Waals surface area contributed by atoms with Gasteiger partial charge in [0.15, 0.2) is 11.5 Å². The van der Waals surface area contributed by atoms with E-state index in [9.17, 15) is 4.79 Å². The smallest absolute Gasteiger partial charge is 0.223 e. The minimum Gasteiger partial charge on any atom is -0.441 e. The molecule has 2 aromatic rings. The van der Waals surface area contributed by atoms with Gasteiger partial charge in [0, 0.05) is 19.4 Å². The van der Waals surface area contributed by atoms with Crippen molar-refractivity contribution in [2.24, 2.45) is 5.92 Å². The summed E-state index contributed by atoms with van der Waals surface area (Å²) in [6.45, 7) is 2.40. The van der Waals surface area contributed by atoms with Crippen molar-refractivity contribution < 1.29 is 9.21 Å². The second kappa shape index (κ2) is 5.03. The number of carbonyl (C=O) groups is 1. The highest BCUT2D eigenvalue weighted by Gasteiger charge is 2.22. The zero-order valence-corrected chi connectivity index (χ0v) is 11.1. The van der Waals surface area contributed by atoms with Crippen LogP contribution in [0, 0.1) is 12.8 Å². The van der Waals surface area contributed by atoms with Crippen molar-refractivity contribution in [2.75, 3.05) is 0 Å². The quantitative estimate of drug-likeness (QED) is 0.920. The maximum absolute atomic E-state index is 11.9. The highest BCUT2D eigenvalue weighted by Crippen LogP contribution is 2.24. The summed E-state index contributed by atoms with van der Waals surface area (Å²) >= 11 is 0. The minimum absolute atomic E-state index is 0.186. The van der Waals surface area contributed by atoms with E-state index in [-0.39, 0.29) is 11.8 Å². The lowest BCUT2D eigenvalue weighted by atomic mass is 10.1. The van der Waals surface area contributed by atoms with Gasteiger partial charge in [0.2, 0.25) is 5.91 Å². The van der Waals surface area contributed by atoms with Gasteiger partial charge in [0.05, 0.1) is 0 Å². The number of carbonyl (C=O) groups excluding carboxylic acids is 1. The van der Waals surface area contributed by atoms with E-state index >= 15 is 0 Å². The van der Waals surface area contributed by atoms with Gasteiger partial charge in [-0.15, -0.1) is 0 Å². The Bertz CT molecular complexity index is 597. The second-order valence-corrected chi connectivity index (χ2v) is 5.23. The van der Waals surface area contributed by atoms with Crippen LogP contribution in [0.25, 0.3) is 11.1 Å². The van der Waals surface area contributed by atoms with E-state index < -0.39 is 0 Å². The number of hydrogen-bond acceptors (Lipinski definition) is 3.